The highest BCUT2D eigenvalue weighted by Gasteiger charge is 2.13. The molecule has 0 bridgehead atoms. The largest absolute Gasteiger partial charge is 0.399 e. The maximum Gasteiger partial charge on any atom is 0.260 e. The summed E-state index contributed by atoms with van der Waals surface area (Å²) in [6.45, 7) is 0. The topological polar surface area (TPSA) is 68.0 Å². The molecule has 1 aromatic heterocycles. The van der Waals surface area contributed by atoms with Crippen molar-refractivity contribution in [2.24, 2.45) is 0 Å². The van der Waals surface area contributed by atoms with E-state index in [1.165, 1.54) is 23.5 Å². The summed E-state index contributed by atoms with van der Waals surface area (Å²) in [5.74, 6) is -1.19. The molecule has 1 amide bonds. The van der Waals surface area contributed by atoms with Gasteiger partial charge >= 0.3 is 0 Å². The van der Waals surface area contributed by atoms with E-state index >= 15 is 0 Å². The number of halogens is 2. The molecule has 1 aromatic carbocycles. The number of nitrogens with two attached hydrogens (primary N) is 1. The average molecular weight is 316 g/mol. The molecule has 4 nitrogen and oxygen atoms in total. The molecule has 3 N–H and O–H groups in total. The fourth-order valence-electron chi connectivity index (χ4n) is 1.19. The first-order valence-corrected chi connectivity index (χ1v) is 6.15. The van der Waals surface area contributed by atoms with Crippen LogP contribution in [0, 0.1) is 5.82 Å². The molecule has 17 heavy (non-hydrogen) atoms. The number of nitrogens with zero attached hydrogens (tertiary/aromatic N) is 1. The Kier molecular flexibility index (Phi) is 3.39. The molecule has 7 heteroatoms. The van der Waals surface area contributed by atoms with Gasteiger partial charge in [-0.2, -0.15) is 0 Å². The smallest absolute Gasteiger partial charge is 0.260 e. The van der Waals surface area contributed by atoms with E-state index in [0.29, 0.717) is 10.8 Å². The van der Waals surface area contributed by atoms with Gasteiger partial charge in [0, 0.05) is 5.69 Å². The van der Waals surface area contributed by atoms with Gasteiger partial charge < -0.3 is 5.73 Å². The predicted octanol–water partition coefficient (Wildman–Crippen LogP) is 2.88. The van der Waals surface area contributed by atoms with Gasteiger partial charge in [0.15, 0.2) is 5.13 Å². The van der Waals surface area contributed by atoms with Gasteiger partial charge in [-0.15, -0.1) is 0 Å². The van der Waals surface area contributed by atoms with Gasteiger partial charge in [-0.1, -0.05) is 11.3 Å². The zero-order valence-electron chi connectivity index (χ0n) is 8.41. The van der Waals surface area contributed by atoms with Crippen molar-refractivity contribution in [1.29, 1.82) is 0 Å². The Bertz CT molecular complexity index is 572. The summed E-state index contributed by atoms with van der Waals surface area (Å²) in [6, 6.07) is 3.83. The van der Waals surface area contributed by atoms with Crippen LogP contribution in [-0.4, -0.2) is 10.9 Å². The highest BCUT2D eigenvalue weighted by molar-refractivity contribution is 9.11. The van der Waals surface area contributed by atoms with Crippen molar-refractivity contribution in [3.63, 3.8) is 0 Å². The minimum atomic E-state index is -0.618. The number of benzene rings is 1. The monoisotopic (exact) mass is 315 g/mol. The van der Waals surface area contributed by atoms with Crippen molar-refractivity contribution in [3.8, 4) is 0 Å². The summed E-state index contributed by atoms with van der Waals surface area (Å²) in [5, 5.41) is 2.88. The second kappa shape index (κ2) is 4.80. The van der Waals surface area contributed by atoms with Gasteiger partial charge in [-0.25, -0.2) is 9.37 Å². The van der Waals surface area contributed by atoms with E-state index in [9.17, 15) is 9.18 Å². The summed E-state index contributed by atoms with van der Waals surface area (Å²) in [5.41, 5.74) is 5.73. The van der Waals surface area contributed by atoms with Crippen LogP contribution in [0.4, 0.5) is 15.2 Å². The van der Waals surface area contributed by atoms with E-state index in [4.69, 9.17) is 5.73 Å². The van der Waals surface area contributed by atoms with Crippen molar-refractivity contribution in [1.82, 2.24) is 4.98 Å². The Balaban J connectivity index is 2.22. The average Bonchev–Trinajstić information content (AvgIpc) is 2.67. The molecule has 0 aliphatic carbocycles. The normalized spacial score (nSPS) is 10.2. The second-order valence-electron chi connectivity index (χ2n) is 3.16. The van der Waals surface area contributed by atoms with Crippen molar-refractivity contribution in [2.45, 2.75) is 0 Å². The van der Waals surface area contributed by atoms with Crippen molar-refractivity contribution >= 4 is 44.0 Å². The van der Waals surface area contributed by atoms with Crippen molar-refractivity contribution < 1.29 is 9.18 Å². The van der Waals surface area contributed by atoms with E-state index in [1.54, 1.807) is 6.20 Å². The Morgan fingerprint density at radius 1 is 1.53 bits per heavy atom. The third-order valence-corrected chi connectivity index (χ3v) is 3.32. The minimum Gasteiger partial charge on any atom is -0.399 e. The van der Waals surface area contributed by atoms with Gasteiger partial charge in [0.05, 0.1) is 15.5 Å². The van der Waals surface area contributed by atoms with Gasteiger partial charge in [-0.3, -0.25) is 10.1 Å². The zero-order valence-corrected chi connectivity index (χ0v) is 10.8. The number of hydrogen-bond acceptors (Lipinski definition) is 4. The van der Waals surface area contributed by atoms with E-state index in [2.05, 4.69) is 26.2 Å². The van der Waals surface area contributed by atoms with Crippen LogP contribution in [-0.2, 0) is 0 Å². The second-order valence-corrected chi connectivity index (χ2v) is 5.57. The van der Waals surface area contributed by atoms with Crippen LogP contribution in [0.3, 0.4) is 0 Å². The Labute approximate surface area is 109 Å². The van der Waals surface area contributed by atoms with Crippen LogP contribution in [0.2, 0.25) is 0 Å². The zero-order chi connectivity index (χ0) is 12.4. The molecule has 0 fully saturated rings. The van der Waals surface area contributed by atoms with Crippen LogP contribution < -0.4 is 11.1 Å². The molecule has 2 aromatic rings. The summed E-state index contributed by atoms with van der Waals surface area (Å²) >= 11 is 4.46. The van der Waals surface area contributed by atoms with Crippen molar-refractivity contribution in [2.75, 3.05) is 11.1 Å². The summed E-state index contributed by atoms with van der Waals surface area (Å²) < 4.78 is 14.2. The standard InChI is InChI=1S/C10H7BrFN3OS/c11-8-4-14-10(17-8)15-9(16)6-3-5(13)1-2-7(6)12/h1-4H,13H2,(H,14,15,16). The maximum atomic E-state index is 13.4. The summed E-state index contributed by atoms with van der Waals surface area (Å²) in [4.78, 5) is 15.7. The Hall–Kier alpha value is -1.47. The van der Waals surface area contributed by atoms with E-state index < -0.39 is 11.7 Å². The maximum absolute atomic E-state index is 13.4. The molecule has 0 spiro atoms. The Morgan fingerprint density at radius 3 is 2.94 bits per heavy atom. The lowest BCUT2D eigenvalue weighted by atomic mass is 10.2. The lowest BCUT2D eigenvalue weighted by Gasteiger charge is -2.03. The molecule has 0 aliphatic rings. The van der Waals surface area contributed by atoms with E-state index in [0.717, 1.165) is 9.85 Å². The first kappa shape index (κ1) is 12.0. The molecular weight excluding hydrogens is 309 g/mol. The van der Waals surface area contributed by atoms with Gasteiger partial charge in [0.1, 0.15) is 5.82 Å². The highest BCUT2D eigenvalue weighted by Crippen LogP contribution is 2.24. The quantitative estimate of drug-likeness (QED) is 0.837. The SMILES string of the molecule is Nc1ccc(F)c(C(=O)Nc2ncc(Br)s2)c1. The summed E-state index contributed by atoms with van der Waals surface area (Å²) in [6.07, 6.45) is 1.55. The van der Waals surface area contributed by atoms with Crippen LogP contribution in [0.25, 0.3) is 0 Å². The predicted molar refractivity (Wildman–Crippen MR) is 68.6 cm³/mol. The number of carbonyl (C=O) groups is 1. The molecule has 1 heterocycles. The molecule has 0 saturated heterocycles. The molecule has 0 radical (unpaired) electrons. The van der Waals surface area contributed by atoms with Gasteiger partial charge in [-0.05, 0) is 34.1 Å². The fourth-order valence-corrected chi connectivity index (χ4v) is 2.30. The van der Waals surface area contributed by atoms with Crippen molar-refractivity contribution in [3.05, 3.63) is 39.6 Å². The Morgan fingerprint density at radius 2 is 2.29 bits per heavy atom. The molecule has 0 aliphatic heterocycles. The first-order valence-electron chi connectivity index (χ1n) is 4.54. The fraction of sp³-hybridized carbons (Fsp3) is 0. The number of rotatable bonds is 2. The van der Waals surface area contributed by atoms with E-state index in [-0.39, 0.29) is 5.56 Å². The lowest BCUT2D eigenvalue weighted by molar-refractivity contribution is 0.102. The molecule has 2 rings (SSSR count). The van der Waals surface area contributed by atoms with E-state index in [1.807, 2.05) is 0 Å². The molecule has 0 atom stereocenters. The van der Waals surface area contributed by atoms with Gasteiger partial charge in [0.2, 0.25) is 0 Å². The third kappa shape index (κ3) is 2.80. The number of amides is 1. The molecule has 88 valence electrons. The number of carbonyl (C=O) groups excluding carboxylic acids is 1. The van der Waals surface area contributed by atoms with Crippen LogP contribution in [0.15, 0.2) is 28.2 Å². The van der Waals surface area contributed by atoms with Crippen LogP contribution >= 0.6 is 27.3 Å². The lowest BCUT2D eigenvalue weighted by Crippen LogP contribution is -2.13. The minimum absolute atomic E-state index is 0.101. The van der Waals surface area contributed by atoms with Crippen LogP contribution in [0.5, 0.6) is 0 Å². The molecule has 0 saturated carbocycles. The van der Waals surface area contributed by atoms with Gasteiger partial charge in [0.25, 0.3) is 5.91 Å². The highest BCUT2D eigenvalue weighted by atomic mass is 79.9. The number of anilines is 2. The number of nitrogens with one attached hydrogen (secondary N) is 1. The first-order chi connectivity index (χ1) is 8.06. The number of nitrogen functional groups attached to an aromatic ring is 1. The molecule has 0 unspecified atom stereocenters. The third-order valence-electron chi connectivity index (χ3n) is 1.93. The summed E-state index contributed by atoms with van der Waals surface area (Å²) in [7, 11) is 0. The number of aromatic nitrogens is 1. The number of thiazole rings is 1. The van der Waals surface area contributed by atoms with Crippen LogP contribution in [0.1, 0.15) is 10.4 Å². The molecular formula is C10H7BrFN3OS. The number of hydrogen-bond donors (Lipinski definition) is 2.